The van der Waals surface area contributed by atoms with Crippen LogP contribution in [-0.2, 0) is 0 Å². The summed E-state index contributed by atoms with van der Waals surface area (Å²) in [5.74, 6) is 1.47. The molecule has 0 amide bonds. The van der Waals surface area contributed by atoms with Gasteiger partial charge >= 0.3 is 0 Å². The highest BCUT2D eigenvalue weighted by Crippen LogP contribution is 2.36. The van der Waals surface area contributed by atoms with E-state index in [-0.39, 0.29) is 6.10 Å². The van der Waals surface area contributed by atoms with Crippen molar-refractivity contribution in [3.63, 3.8) is 0 Å². The van der Waals surface area contributed by atoms with E-state index in [0.29, 0.717) is 12.1 Å². The van der Waals surface area contributed by atoms with Gasteiger partial charge in [-0.3, -0.25) is 0 Å². The minimum absolute atomic E-state index is 0.0684. The summed E-state index contributed by atoms with van der Waals surface area (Å²) in [6.07, 6.45) is 2.21. The third-order valence-electron chi connectivity index (χ3n) is 3.19. The van der Waals surface area contributed by atoms with Crippen LogP contribution in [0.2, 0.25) is 0 Å². The van der Waals surface area contributed by atoms with E-state index in [4.69, 9.17) is 0 Å². The molecule has 0 spiro atoms. The standard InChI is InChI=1S/C9H17NO/c1-5(2)6-3-7-9(10-7)8(11)4-6/h5-11H,3-4H2,1-2H3/t6-,7-,8-,9-/m1/s1. The number of aliphatic hydroxyl groups excluding tert-OH is 1. The number of fused-ring (bicyclic) bond motifs is 1. The van der Waals surface area contributed by atoms with Crippen LogP contribution in [0.15, 0.2) is 0 Å². The first-order valence-electron chi connectivity index (χ1n) is 4.62. The Morgan fingerprint density at radius 2 is 2.09 bits per heavy atom. The van der Waals surface area contributed by atoms with Gasteiger partial charge in [0.25, 0.3) is 0 Å². The molecule has 1 heterocycles. The number of nitrogens with one attached hydrogen (secondary N) is 1. The van der Waals surface area contributed by atoms with Gasteiger partial charge in [0.15, 0.2) is 0 Å². The van der Waals surface area contributed by atoms with Gasteiger partial charge in [-0.05, 0) is 24.7 Å². The molecule has 1 saturated carbocycles. The van der Waals surface area contributed by atoms with Gasteiger partial charge in [-0.25, -0.2) is 0 Å². The maximum absolute atomic E-state index is 9.58. The van der Waals surface area contributed by atoms with Gasteiger partial charge < -0.3 is 10.4 Å². The van der Waals surface area contributed by atoms with Crippen molar-refractivity contribution in [3.05, 3.63) is 0 Å². The van der Waals surface area contributed by atoms with Crippen LogP contribution in [0, 0.1) is 11.8 Å². The molecule has 0 radical (unpaired) electrons. The minimum Gasteiger partial charge on any atom is -0.391 e. The van der Waals surface area contributed by atoms with Crippen LogP contribution in [0.3, 0.4) is 0 Å². The Balaban J connectivity index is 1.95. The highest BCUT2D eigenvalue weighted by atomic mass is 16.3. The van der Waals surface area contributed by atoms with Gasteiger partial charge in [0, 0.05) is 12.1 Å². The third kappa shape index (κ3) is 1.30. The molecule has 2 aliphatic rings. The van der Waals surface area contributed by atoms with Gasteiger partial charge in [0.1, 0.15) is 0 Å². The minimum atomic E-state index is -0.0684. The molecule has 2 heteroatoms. The van der Waals surface area contributed by atoms with Crippen molar-refractivity contribution in [2.45, 2.75) is 44.9 Å². The van der Waals surface area contributed by atoms with Crippen molar-refractivity contribution in [2.24, 2.45) is 11.8 Å². The van der Waals surface area contributed by atoms with Crippen LogP contribution in [0.4, 0.5) is 0 Å². The second kappa shape index (κ2) is 2.46. The second-order valence-electron chi connectivity index (χ2n) is 4.34. The fraction of sp³-hybridized carbons (Fsp3) is 1.00. The molecule has 2 rings (SSSR count). The van der Waals surface area contributed by atoms with Gasteiger partial charge in [0.2, 0.25) is 0 Å². The van der Waals surface area contributed by atoms with Crippen LogP contribution in [0.5, 0.6) is 0 Å². The molecule has 0 bridgehead atoms. The number of aliphatic hydroxyl groups is 1. The molecule has 2 fully saturated rings. The van der Waals surface area contributed by atoms with Gasteiger partial charge in [-0.2, -0.15) is 0 Å². The summed E-state index contributed by atoms with van der Waals surface area (Å²) in [6, 6.07) is 1.09. The summed E-state index contributed by atoms with van der Waals surface area (Å²) in [6.45, 7) is 4.50. The van der Waals surface area contributed by atoms with Crippen molar-refractivity contribution in [2.75, 3.05) is 0 Å². The molecule has 0 aromatic heterocycles. The van der Waals surface area contributed by atoms with E-state index in [0.717, 1.165) is 18.3 Å². The zero-order valence-corrected chi connectivity index (χ0v) is 7.25. The first-order chi connectivity index (χ1) is 5.18. The average Bonchev–Trinajstić information content (AvgIpc) is 2.66. The average molecular weight is 155 g/mol. The molecule has 0 unspecified atom stereocenters. The lowest BCUT2D eigenvalue weighted by atomic mass is 9.80. The summed E-state index contributed by atoms with van der Waals surface area (Å²) in [4.78, 5) is 0. The summed E-state index contributed by atoms with van der Waals surface area (Å²) in [7, 11) is 0. The van der Waals surface area contributed by atoms with Crippen molar-refractivity contribution in [3.8, 4) is 0 Å². The van der Waals surface area contributed by atoms with Crippen LogP contribution < -0.4 is 5.32 Å². The smallest absolute Gasteiger partial charge is 0.0711 e. The molecule has 1 saturated heterocycles. The maximum Gasteiger partial charge on any atom is 0.0711 e. The lowest BCUT2D eigenvalue weighted by molar-refractivity contribution is 0.105. The highest BCUT2D eigenvalue weighted by Gasteiger charge is 2.47. The predicted octanol–water partition coefficient (Wildman–Crippen LogP) is 0.754. The SMILES string of the molecule is CC(C)[C@H]1C[C@@H](O)[C@@H]2N[C@@H]2C1. The maximum atomic E-state index is 9.58. The lowest BCUT2D eigenvalue weighted by Gasteiger charge is -2.26. The molecule has 2 N–H and O–H groups in total. The Morgan fingerprint density at radius 1 is 1.36 bits per heavy atom. The topological polar surface area (TPSA) is 42.2 Å². The quantitative estimate of drug-likeness (QED) is 0.549. The van der Waals surface area contributed by atoms with Crippen molar-refractivity contribution >= 4 is 0 Å². The Bertz CT molecular complexity index is 158. The Hall–Kier alpha value is -0.0800. The third-order valence-corrected chi connectivity index (χ3v) is 3.19. The summed E-state index contributed by atoms with van der Waals surface area (Å²) in [5.41, 5.74) is 0. The zero-order valence-electron chi connectivity index (χ0n) is 7.25. The Morgan fingerprint density at radius 3 is 2.64 bits per heavy atom. The van der Waals surface area contributed by atoms with E-state index in [1.165, 1.54) is 6.42 Å². The second-order valence-corrected chi connectivity index (χ2v) is 4.34. The molecule has 1 aliphatic heterocycles. The molecule has 1 aliphatic carbocycles. The number of hydrogen-bond donors (Lipinski definition) is 2. The first-order valence-corrected chi connectivity index (χ1v) is 4.62. The monoisotopic (exact) mass is 155 g/mol. The fourth-order valence-electron chi connectivity index (χ4n) is 2.21. The van der Waals surface area contributed by atoms with Crippen molar-refractivity contribution < 1.29 is 5.11 Å². The van der Waals surface area contributed by atoms with E-state index in [1.807, 2.05) is 0 Å². The highest BCUT2D eigenvalue weighted by molar-refractivity contribution is 5.07. The Labute approximate surface area is 68.0 Å². The molecule has 2 nitrogen and oxygen atoms in total. The predicted molar refractivity (Wildman–Crippen MR) is 44.3 cm³/mol. The fourth-order valence-corrected chi connectivity index (χ4v) is 2.21. The molecular weight excluding hydrogens is 138 g/mol. The largest absolute Gasteiger partial charge is 0.391 e. The number of rotatable bonds is 1. The van der Waals surface area contributed by atoms with E-state index < -0.39 is 0 Å². The molecule has 4 atom stereocenters. The zero-order chi connectivity index (χ0) is 8.01. The summed E-state index contributed by atoms with van der Waals surface area (Å²) in [5, 5.41) is 12.9. The first kappa shape index (κ1) is 7.56. The van der Waals surface area contributed by atoms with Crippen LogP contribution in [0.1, 0.15) is 26.7 Å². The molecule has 64 valence electrons. The van der Waals surface area contributed by atoms with Crippen LogP contribution in [-0.4, -0.2) is 23.3 Å². The van der Waals surface area contributed by atoms with Crippen molar-refractivity contribution in [1.82, 2.24) is 5.32 Å². The lowest BCUT2D eigenvalue weighted by Crippen LogP contribution is -2.29. The van der Waals surface area contributed by atoms with E-state index in [1.54, 1.807) is 0 Å². The normalized spacial score (nSPS) is 49.1. The van der Waals surface area contributed by atoms with Crippen molar-refractivity contribution in [1.29, 1.82) is 0 Å². The number of hydrogen-bond acceptors (Lipinski definition) is 2. The van der Waals surface area contributed by atoms with E-state index in [9.17, 15) is 5.11 Å². The van der Waals surface area contributed by atoms with Gasteiger partial charge in [-0.15, -0.1) is 0 Å². The van der Waals surface area contributed by atoms with E-state index >= 15 is 0 Å². The van der Waals surface area contributed by atoms with Gasteiger partial charge in [-0.1, -0.05) is 13.8 Å². The molecule has 0 aromatic rings. The van der Waals surface area contributed by atoms with Crippen LogP contribution in [0.25, 0.3) is 0 Å². The Kier molecular flexibility index (Phi) is 1.69. The molecule has 11 heavy (non-hydrogen) atoms. The van der Waals surface area contributed by atoms with E-state index in [2.05, 4.69) is 19.2 Å². The van der Waals surface area contributed by atoms with Crippen LogP contribution >= 0.6 is 0 Å². The summed E-state index contributed by atoms with van der Waals surface area (Å²) < 4.78 is 0. The molecule has 0 aromatic carbocycles. The summed E-state index contributed by atoms with van der Waals surface area (Å²) >= 11 is 0. The molecular formula is C9H17NO. The van der Waals surface area contributed by atoms with Gasteiger partial charge in [0.05, 0.1) is 6.10 Å².